The van der Waals surface area contributed by atoms with Crippen LogP contribution in [0.3, 0.4) is 0 Å². The zero-order chi connectivity index (χ0) is 23.8. The Hall–Kier alpha value is -2.85. The molecule has 1 aliphatic rings. The number of hydrogen-bond donors (Lipinski definition) is 1. The van der Waals surface area contributed by atoms with Crippen molar-refractivity contribution in [2.75, 3.05) is 44.0 Å². The van der Waals surface area contributed by atoms with Gasteiger partial charge < -0.3 is 25.2 Å². The minimum atomic E-state index is -1.10. The molecule has 2 N–H and O–H groups in total. The van der Waals surface area contributed by atoms with Gasteiger partial charge in [0.25, 0.3) is 0 Å². The van der Waals surface area contributed by atoms with E-state index in [-0.39, 0.29) is 5.69 Å². The average molecular weight is 473 g/mol. The largest absolute Gasteiger partial charge is 0.627 e. The van der Waals surface area contributed by atoms with Gasteiger partial charge in [0, 0.05) is 30.9 Å². The van der Waals surface area contributed by atoms with Crippen molar-refractivity contribution in [2.24, 2.45) is 0 Å². The third kappa shape index (κ3) is 4.49. The Labute approximate surface area is 197 Å². The van der Waals surface area contributed by atoms with Crippen molar-refractivity contribution < 1.29 is 9.13 Å². The maximum Gasteiger partial charge on any atom is 0.226 e. The van der Waals surface area contributed by atoms with E-state index in [9.17, 15) is 9.60 Å². The minimum absolute atomic E-state index is 0.278. The van der Waals surface area contributed by atoms with E-state index in [1.165, 1.54) is 25.2 Å². The molecule has 3 aromatic rings. The van der Waals surface area contributed by atoms with Crippen LogP contribution in [0.25, 0.3) is 11.3 Å². The van der Waals surface area contributed by atoms with Crippen LogP contribution < -0.4 is 15.3 Å². The molecular formula is C23H26ClFN6O2. The molecule has 0 radical (unpaired) electrons. The lowest BCUT2D eigenvalue weighted by molar-refractivity contribution is 0.122. The molecule has 33 heavy (non-hydrogen) atoms. The maximum atomic E-state index is 13.9. The molecule has 1 aromatic carbocycles. The van der Waals surface area contributed by atoms with Gasteiger partial charge in [0.05, 0.1) is 31.0 Å². The van der Waals surface area contributed by atoms with Gasteiger partial charge in [0.15, 0.2) is 0 Å². The van der Waals surface area contributed by atoms with E-state index in [1.807, 2.05) is 4.90 Å². The lowest BCUT2D eigenvalue weighted by Crippen LogP contribution is -2.54. The summed E-state index contributed by atoms with van der Waals surface area (Å²) in [7, 11) is 1.49. The van der Waals surface area contributed by atoms with Gasteiger partial charge in [0.2, 0.25) is 5.95 Å². The quantitative estimate of drug-likeness (QED) is 0.440. The van der Waals surface area contributed by atoms with Crippen LogP contribution in [0.2, 0.25) is 5.02 Å². The van der Waals surface area contributed by atoms with Crippen molar-refractivity contribution in [3.05, 3.63) is 64.3 Å². The second-order valence-corrected chi connectivity index (χ2v) is 9.00. The van der Waals surface area contributed by atoms with E-state index in [2.05, 4.69) is 4.98 Å². The molecular weight excluding hydrogens is 447 g/mol. The Bertz CT molecular complexity index is 1170. The van der Waals surface area contributed by atoms with Crippen LogP contribution in [0.1, 0.15) is 19.5 Å². The number of rotatable bonds is 5. The Morgan fingerprint density at radius 2 is 1.91 bits per heavy atom. The van der Waals surface area contributed by atoms with Crippen LogP contribution in [0.15, 0.2) is 42.6 Å². The molecule has 174 valence electrons. The highest BCUT2D eigenvalue weighted by molar-refractivity contribution is 6.33. The first-order valence-electron chi connectivity index (χ1n) is 10.6. The standard InChI is InChI=1S/C23H26ClFN6O2/c1-23(2,31(3,32)16-6-4-5-15(25)11-16)20-13-19(17-14-27-21(26)12-18(17)24)28-22(29-20)30-7-9-33-10-8-30/h4-6,11-14H,7-10H2,1-3H3,(H2,26,27). The smallest absolute Gasteiger partial charge is 0.226 e. The summed E-state index contributed by atoms with van der Waals surface area (Å²) in [5.41, 5.74) is 6.53. The fraction of sp³-hybridized carbons (Fsp3) is 0.348. The molecule has 0 aliphatic carbocycles. The average Bonchev–Trinajstić information content (AvgIpc) is 2.79. The summed E-state index contributed by atoms with van der Waals surface area (Å²) >= 11 is 6.45. The van der Waals surface area contributed by atoms with E-state index in [1.54, 1.807) is 38.2 Å². The number of anilines is 2. The number of ether oxygens (including phenoxy) is 1. The number of hydroxylamine groups is 2. The van der Waals surface area contributed by atoms with E-state index in [0.29, 0.717) is 60.0 Å². The number of nitrogens with zero attached hydrogens (tertiary/aromatic N) is 5. The molecule has 2 aromatic heterocycles. The molecule has 1 unspecified atom stereocenters. The number of morpholine rings is 1. The molecule has 10 heteroatoms. The zero-order valence-electron chi connectivity index (χ0n) is 18.8. The monoisotopic (exact) mass is 472 g/mol. The third-order valence-corrected chi connectivity index (χ3v) is 6.47. The van der Waals surface area contributed by atoms with Crippen molar-refractivity contribution in [1.82, 2.24) is 19.6 Å². The van der Waals surface area contributed by atoms with Crippen molar-refractivity contribution >= 4 is 29.1 Å². The van der Waals surface area contributed by atoms with Gasteiger partial charge in [-0.3, -0.25) is 0 Å². The van der Waals surface area contributed by atoms with Gasteiger partial charge in [-0.25, -0.2) is 19.3 Å². The van der Waals surface area contributed by atoms with Crippen LogP contribution in [0, 0.1) is 11.0 Å². The number of nitrogen functional groups attached to an aromatic ring is 1. The van der Waals surface area contributed by atoms with Crippen LogP contribution in [-0.2, 0) is 10.3 Å². The molecule has 1 fully saturated rings. The summed E-state index contributed by atoms with van der Waals surface area (Å²) in [6.45, 7) is 5.89. The van der Waals surface area contributed by atoms with Gasteiger partial charge in [-0.1, -0.05) is 17.7 Å². The van der Waals surface area contributed by atoms with Gasteiger partial charge >= 0.3 is 0 Å². The summed E-state index contributed by atoms with van der Waals surface area (Å²) < 4.78 is 18.5. The molecule has 1 saturated heterocycles. The van der Waals surface area contributed by atoms with Crippen LogP contribution >= 0.6 is 11.6 Å². The second kappa shape index (κ2) is 8.83. The summed E-state index contributed by atoms with van der Waals surface area (Å²) in [6.07, 6.45) is 1.55. The molecule has 0 bridgehead atoms. The first kappa shape index (κ1) is 23.3. The summed E-state index contributed by atoms with van der Waals surface area (Å²) in [5, 5.41) is 14.3. The number of quaternary nitrogens is 1. The highest BCUT2D eigenvalue weighted by atomic mass is 35.5. The Morgan fingerprint density at radius 3 is 2.58 bits per heavy atom. The molecule has 0 amide bonds. The maximum absolute atomic E-state index is 13.9. The highest BCUT2D eigenvalue weighted by Gasteiger charge is 2.40. The molecule has 3 heterocycles. The molecule has 8 nitrogen and oxygen atoms in total. The SMILES string of the molecule is CC(C)(c1cc(-c2cnc(N)cc2Cl)nc(N2CCOCC2)n1)[N+](C)([O-])c1cccc(F)c1. The van der Waals surface area contributed by atoms with Crippen molar-refractivity contribution in [3.63, 3.8) is 0 Å². The summed E-state index contributed by atoms with van der Waals surface area (Å²) in [5.74, 6) is 0.285. The molecule has 0 spiro atoms. The number of halogens is 2. The zero-order valence-corrected chi connectivity index (χ0v) is 19.5. The van der Waals surface area contributed by atoms with E-state index in [0.717, 1.165) is 0 Å². The first-order valence-corrected chi connectivity index (χ1v) is 10.9. The molecule has 1 aliphatic heterocycles. The second-order valence-electron chi connectivity index (χ2n) is 8.59. The predicted molar refractivity (Wildman–Crippen MR) is 128 cm³/mol. The fourth-order valence-corrected chi connectivity index (χ4v) is 3.97. The number of hydrogen-bond acceptors (Lipinski definition) is 7. The van der Waals surface area contributed by atoms with Crippen LogP contribution in [0.5, 0.6) is 0 Å². The van der Waals surface area contributed by atoms with Crippen molar-refractivity contribution in [1.29, 1.82) is 0 Å². The van der Waals surface area contributed by atoms with E-state index in [4.69, 9.17) is 32.0 Å². The van der Waals surface area contributed by atoms with Gasteiger partial charge in [-0.05, 0) is 38.1 Å². The lowest BCUT2D eigenvalue weighted by atomic mass is 9.95. The normalized spacial score (nSPS) is 16.5. The summed E-state index contributed by atoms with van der Waals surface area (Å²) in [6, 6.07) is 8.99. The van der Waals surface area contributed by atoms with E-state index < -0.39 is 16.0 Å². The fourth-order valence-electron chi connectivity index (χ4n) is 3.71. The Balaban J connectivity index is 1.87. The third-order valence-electron chi connectivity index (χ3n) is 6.15. The Kier molecular flexibility index (Phi) is 6.24. The number of pyridine rings is 1. The minimum Gasteiger partial charge on any atom is -0.627 e. The van der Waals surface area contributed by atoms with Crippen molar-refractivity contribution in [2.45, 2.75) is 19.4 Å². The first-order chi connectivity index (χ1) is 15.6. The van der Waals surface area contributed by atoms with Crippen molar-refractivity contribution in [3.8, 4) is 11.3 Å². The van der Waals surface area contributed by atoms with Crippen LogP contribution in [0.4, 0.5) is 21.8 Å². The molecule has 4 rings (SSSR count). The predicted octanol–water partition coefficient (Wildman–Crippen LogP) is 4.12. The number of benzene rings is 1. The molecule has 0 saturated carbocycles. The van der Waals surface area contributed by atoms with Gasteiger partial charge in [0.1, 0.15) is 28.6 Å². The molecule has 1 atom stereocenters. The van der Waals surface area contributed by atoms with Crippen LogP contribution in [-0.4, -0.2) is 48.3 Å². The summed E-state index contributed by atoms with van der Waals surface area (Å²) in [4.78, 5) is 15.7. The van der Waals surface area contributed by atoms with Gasteiger partial charge in [-0.2, -0.15) is 0 Å². The lowest BCUT2D eigenvalue weighted by Gasteiger charge is -2.50. The van der Waals surface area contributed by atoms with Gasteiger partial charge in [-0.15, -0.1) is 0 Å². The topological polar surface area (TPSA) is 100 Å². The highest BCUT2D eigenvalue weighted by Crippen LogP contribution is 2.39. The number of aromatic nitrogens is 3. The number of nitrogens with two attached hydrogens (primary N) is 1. The Morgan fingerprint density at radius 1 is 1.18 bits per heavy atom. The van der Waals surface area contributed by atoms with E-state index >= 15 is 0 Å².